The minimum atomic E-state index is -0.908. The van der Waals surface area contributed by atoms with Gasteiger partial charge in [-0.2, -0.15) is 0 Å². The molecule has 8 heteroatoms. The summed E-state index contributed by atoms with van der Waals surface area (Å²) in [6.07, 6.45) is 6.83. The summed E-state index contributed by atoms with van der Waals surface area (Å²) in [6.45, 7) is 0.269. The molecular weight excluding hydrogens is 462 g/mol. The quantitative estimate of drug-likeness (QED) is 0.454. The second-order valence-corrected chi connectivity index (χ2v) is 9.61. The number of benzene rings is 1. The van der Waals surface area contributed by atoms with E-state index in [1.165, 1.54) is 6.42 Å². The third-order valence-electron chi connectivity index (χ3n) is 6.30. The maximum absolute atomic E-state index is 13.9. The van der Waals surface area contributed by atoms with Crippen LogP contribution in [0.15, 0.2) is 60.1 Å². The molecule has 184 valence electrons. The first-order valence-electron chi connectivity index (χ1n) is 11.9. The molecule has 0 unspecified atom stereocenters. The van der Waals surface area contributed by atoms with Crippen LogP contribution in [0, 0.1) is 0 Å². The number of amides is 2. The molecule has 2 aromatic heterocycles. The van der Waals surface area contributed by atoms with Crippen LogP contribution in [0.5, 0.6) is 11.5 Å². The van der Waals surface area contributed by atoms with E-state index < -0.39 is 6.04 Å². The van der Waals surface area contributed by atoms with Crippen LogP contribution < -0.4 is 14.8 Å². The number of methoxy groups -OCH3 is 2. The molecule has 0 radical (unpaired) electrons. The molecule has 7 nitrogen and oxygen atoms in total. The Morgan fingerprint density at radius 1 is 1.09 bits per heavy atom. The topological polar surface area (TPSA) is 80.8 Å². The zero-order valence-electron chi connectivity index (χ0n) is 20.1. The number of nitrogens with one attached hydrogen (secondary N) is 1. The van der Waals surface area contributed by atoms with Crippen LogP contribution in [0.2, 0.25) is 0 Å². The maximum atomic E-state index is 13.9. The lowest BCUT2D eigenvalue weighted by Gasteiger charge is -2.33. The fourth-order valence-electron chi connectivity index (χ4n) is 4.51. The lowest BCUT2D eigenvalue weighted by atomic mass is 9.94. The molecule has 1 aliphatic rings. The van der Waals surface area contributed by atoms with Gasteiger partial charge in [0.1, 0.15) is 23.2 Å². The summed E-state index contributed by atoms with van der Waals surface area (Å²) in [7, 11) is 3.13. The normalized spacial score (nSPS) is 14.7. The van der Waals surface area contributed by atoms with Crippen LogP contribution in [0.4, 0.5) is 0 Å². The van der Waals surface area contributed by atoms with Gasteiger partial charge >= 0.3 is 0 Å². The minimum Gasteiger partial charge on any atom is -0.497 e. The van der Waals surface area contributed by atoms with E-state index in [0.717, 1.165) is 30.6 Å². The smallest absolute Gasteiger partial charge is 0.273 e. The minimum absolute atomic E-state index is 0.0940. The number of nitrogens with zero attached hydrogens (tertiary/aromatic N) is 2. The van der Waals surface area contributed by atoms with Gasteiger partial charge in [-0.3, -0.25) is 14.6 Å². The molecule has 0 saturated heterocycles. The first-order chi connectivity index (χ1) is 17.1. The van der Waals surface area contributed by atoms with Crippen molar-refractivity contribution in [3.05, 3.63) is 76.2 Å². The molecule has 1 N–H and O–H groups in total. The summed E-state index contributed by atoms with van der Waals surface area (Å²) in [5, 5.41) is 5.19. The molecule has 35 heavy (non-hydrogen) atoms. The number of pyridine rings is 1. The van der Waals surface area contributed by atoms with E-state index in [9.17, 15) is 9.59 Å². The van der Waals surface area contributed by atoms with E-state index in [2.05, 4.69) is 10.3 Å². The summed E-state index contributed by atoms with van der Waals surface area (Å²) in [5.74, 6) is 0.554. The molecule has 0 aliphatic heterocycles. The van der Waals surface area contributed by atoms with Crippen molar-refractivity contribution < 1.29 is 19.1 Å². The van der Waals surface area contributed by atoms with E-state index in [1.54, 1.807) is 73.1 Å². The summed E-state index contributed by atoms with van der Waals surface area (Å²) in [4.78, 5) is 34.6. The van der Waals surface area contributed by atoms with E-state index in [0.29, 0.717) is 17.1 Å². The number of aromatic nitrogens is 1. The second kappa shape index (κ2) is 11.8. The second-order valence-electron chi connectivity index (χ2n) is 8.58. The fraction of sp³-hybridized carbons (Fsp3) is 0.370. The van der Waals surface area contributed by atoms with Crippen molar-refractivity contribution in [1.29, 1.82) is 0 Å². The first-order valence-corrected chi connectivity index (χ1v) is 12.8. The average molecular weight is 494 g/mol. The molecule has 2 amide bonds. The predicted octanol–water partition coefficient (Wildman–Crippen LogP) is 4.99. The summed E-state index contributed by atoms with van der Waals surface area (Å²) in [5.41, 5.74) is 0.884. The van der Waals surface area contributed by atoms with Gasteiger partial charge in [0.25, 0.3) is 5.91 Å². The molecule has 2 heterocycles. The molecule has 1 saturated carbocycles. The van der Waals surface area contributed by atoms with E-state index in [1.807, 2.05) is 17.5 Å². The molecule has 1 aromatic carbocycles. The van der Waals surface area contributed by atoms with Gasteiger partial charge in [0.15, 0.2) is 0 Å². The van der Waals surface area contributed by atoms with Gasteiger partial charge in [0, 0.05) is 28.7 Å². The van der Waals surface area contributed by atoms with Crippen molar-refractivity contribution in [2.45, 2.75) is 50.7 Å². The maximum Gasteiger partial charge on any atom is 0.273 e. The molecule has 1 fully saturated rings. The van der Waals surface area contributed by atoms with Gasteiger partial charge in [-0.1, -0.05) is 31.4 Å². The lowest BCUT2D eigenvalue weighted by molar-refractivity contribution is -0.127. The van der Waals surface area contributed by atoms with Crippen molar-refractivity contribution in [2.24, 2.45) is 0 Å². The highest BCUT2D eigenvalue weighted by molar-refractivity contribution is 7.09. The standard InChI is InChI=1S/C27H31N3O4S/c1-33-20-13-14-22(24(17-20)34-2)25(26(31)29-19-9-4-3-5-10-19)30(18-21-11-8-16-35-21)27(32)23-12-6-7-15-28-23/h6-8,11-17,19,25H,3-5,9-10,18H2,1-2H3,(H,29,31)/t25-/m1/s1. The van der Waals surface area contributed by atoms with Crippen LogP contribution in [0.1, 0.15) is 59.1 Å². The number of rotatable bonds is 9. The third-order valence-corrected chi connectivity index (χ3v) is 7.16. The van der Waals surface area contributed by atoms with Crippen LogP contribution in [0.25, 0.3) is 0 Å². The Balaban J connectivity index is 1.78. The summed E-state index contributed by atoms with van der Waals surface area (Å²) >= 11 is 1.54. The molecule has 0 spiro atoms. The summed E-state index contributed by atoms with van der Waals surface area (Å²) < 4.78 is 11.0. The number of hydrogen-bond acceptors (Lipinski definition) is 6. The van der Waals surface area contributed by atoms with Gasteiger partial charge in [-0.05, 0) is 48.6 Å². The van der Waals surface area contributed by atoms with Gasteiger partial charge in [0.05, 0.1) is 20.8 Å². The number of carbonyl (C=O) groups excluding carboxylic acids is 2. The van der Waals surface area contributed by atoms with Crippen LogP contribution in [-0.4, -0.2) is 42.0 Å². The SMILES string of the molecule is COc1ccc([C@H](C(=O)NC2CCCCC2)N(Cc2cccs2)C(=O)c2ccccn2)c(OC)c1. The molecule has 1 aliphatic carbocycles. The predicted molar refractivity (Wildman–Crippen MR) is 136 cm³/mol. The van der Waals surface area contributed by atoms with Crippen molar-refractivity contribution >= 4 is 23.2 Å². The highest BCUT2D eigenvalue weighted by Crippen LogP contribution is 2.35. The van der Waals surface area contributed by atoms with Gasteiger partial charge in [-0.15, -0.1) is 11.3 Å². The number of ether oxygens (including phenoxy) is 2. The fourth-order valence-corrected chi connectivity index (χ4v) is 5.21. The third kappa shape index (κ3) is 6.00. The number of thiophene rings is 1. The Kier molecular flexibility index (Phi) is 8.36. The van der Waals surface area contributed by atoms with Crippen molar-refractivity contribution in [3.63, 3.8) is 0 Å². The highest BCUT2D eigenvalue weighted by atomic mass is 32.1. The van der Waals surface area contributed by atoms with E-state index >= 15 is 0 Å². The van der Waals surface area contributed by atoms with Crippen molar-refractivity contribution in [3.8, 4) is 11.5 Å². The molecule has 0 bridgehead atoms. The highest BCUT2D eigenvalue weighted by Gasteiger charge is 2.36. The van der Waals surface area contributed by atoms with Gasteiger partial charge in [-0.25, -0.2) is 0 Å². The molecule has 1 atom stereocenters. The zero-order valence-corrected chi connectivity index (χ0v) is 20.9. The monoisotopic (exact) mass is 493 g/mol. The van der Waals surface area contributed by atoms with Crippen LogP contribution >= 0.6 is 11.3 Å². The Bertz CT molecular complexity index is 1110. The average Bonchev–Trinajstić information content (AvgIpc) is 3.42. The van der Waals surface area contributed by atoms with Crippen LogP contribution in [0.3, 0.4) is 0 Å². The molecule has 4 rings (SSSR count). The lowest BCUT2D eigenvalue weighted by Crippen LogP contribution is -2.47. The Morgan fingerprint density at radius 2 is 1.91 bits per heavy atom. The van der Waals surface area contributed by atoms with E-state index in [-0.39, 0.29) is 30.1 Å². The zero-order chi connectivity index (χ0) is 24.6. The van der Waals surface area contributed by atoms with E-state index in [4.69, 9.17) is 9.47 Å². The molecule has 3 aromatic rings. The van der Waals surface area contributed by atoms with Gasteiger partial charge in [0.2, 0.25) is 5.91 Å². The summed E-state index contributed by atoms with van der Waals surface area (Å²) in [6, 6.07) is 13.6. The Morgan fingerprint density at radius 3 is 2.57 bits per heavy atom. The van der Waals surface area contributed by atoms with Gasteiger partial charge < -0.3 is 19.7 Å². The molecular formula is C27H31N3O4S. The van der Waals surface area contributed by atoms with Crippen molar-refractivity contribution in [2.75, 3.05) is 14.2 Å². The number of hydrogen-bond donors (Lipinski definition) is 1. The Labute approximate surface area is 210 Å². The largest absolute Gasteiger partial charge is 0.497 e. The Hall–Kier alpha value is -3.39. The van der Waals surface area contributed by atoms with Crippen molar-refractivity contribution in [1.82, 2.24) is 15.2 Å². The first kappa shape index (κ1) is 24.7. The number of carbonyl (C=O) groups is 2. The van der Waals surface area contributed by atoms with Crippen LogP contribution in [-0.2, 0) is 11.3 Å².